The second-order valence-corrected chi connectivity index (χ2v) is 5.49. The van der Waals surface area contributed by atoms with Crippen LogP contribution < -0.4 is 30.1 Å². The summed E-state index contributed by atoms with van der Waals surface area (Å²) in [5.74, 6) is 1.78. The van der Waals surface area contributed by atoms with Crippen LogP contribution in [0.1, 0.15) is 18.1 Å². The van der Waals surface area contributed by atoms with Crippen molar-refractivity contribution < 1.29 is 23.7 Å². The van der Waals surface area contributed by atoms with Gasteiger partial charge in [0.15, 0.2) is 11.5 Å². The van der Waals surface area contributed by atoms with Gasteiger partial charge in [-0.3, -0.25) is 0 Å². The van der Waals surface area contributed by atoms with Crippen LogP contribution in [0.25, 0.3) is 0 Å². The van der Waals surface area contributed by atoms with Gasteiger partial charge in [0, 0.05) is 16.5 Å². The highest BCUT2D eigenvalue weighted by molar-refractivity contribution is 6.20. The van der Waals surface area contributed by atoms with Crippen LogP contribution >= 0.6 is 11.6 Å². The Labute approximate surface area is 138 Å². The molecule has 0 bridgehead atoms. The number of benzene rings is 1. The number of nitrogens with two attached hydrogens (primary N) is 1. The van der Waals surface area contributed by atoms with Crippen LogP contribution in [0.2, 0.25) is 0 Å². The molecule has 0 saturated heterocycles. The summed E-state index contributed by atoms with van der Waals surface area (Å²) in [7, 11) is 3.02. The van der Waals surface area contributed by atoms with Crippen molar-refractivity contribution in [3.63, 3.8) is 0 Å². The summed E-state index contributed by atoms with van der Waals surface area (Å²) in [6.45, 7) is 1.90. The molecule has 8 nitrogen and oxygen atoms in total. The van der Waals surface area contributed by atoms with Crippen LogP contribution in [-0.4, -0.2) is 38.6 Å². The van der Waals surface area contributed by atoms with Crippen LogP contribution in [0.15, 0.2) is 5.10 Å². The lowest BCUT2D eigenvalue weighted by atomic mass is 9.99. The van der Waals surface area contributed by atoms with Crippen molar-refractivity contribution in [2.75, 3.05) is 21.0 Å². The minimum absolute atomic E-state index is 0.0536. The molecular formula is C14H18ClN3O5. The Kier molecular flexibility index (Phi) is 5.38. The number of hydrogen-bond acceptors (Lipinski definition) is 6. The predicted octanol–water partition coefficient (Wildman–Crippen LogP) is 1.60. The number of carbonyl (C=O) groups excluding carboxylic acids is 1. The second kappa shape index (κ2) is 7.28. The molecule has 1 aliphatic heterocycles. The lowest BCUT2D eigenvalue weighted by molar-refractivity contribution is 0.168. The lowest BCUT2D eigenvalue weighted by Crippen LogP contribution is -2.24. The average molecular weight is 344 g/mol. The highest BCUT2D eigenvalue weighted by Crippen LogP contribution is 2.52. The number of nitrogens with one attached hydrogen (secondary N) is 1. The highest BCUT2D eigenvalue weighted by Gasteiger charge is 2.31. The van der Waals surface area contributed by atoms with E-state index in [1.54, 1.807) is 0 Å². The molecule has 3 N–H and O–H groups in total. The quantitative estimate of drug-likeness (QED) is 0.464. The van der Waals surface area contributed by atoms with Gasteiger partial charge in [-0.15, -0.1) is 11.6 Å². The Balaban J connectivity index is 2.63. The van der Waals surface area contributed by atoms with E-state index in [0.717, 1.165) is 5.56 Å². The number of rotatable bonds is 6. The zero-order chi connectivity index (χ0) is 17.0. The summed E-state index contributed by atoms with van der Waals surface area (Å²) >= 11 is 6.14. The number of nitrogens with zero attached hydrogens (tertiary/aromatic N) is 1. The standard InChI is InChI=1S/C14H18ClN3O5/c1-7(15)4-8-9(5-17-18-14(16)19)11(21-3)13-12(10(8)20-2)22-6-23-13/h5,7H,4,6H2,1-3H3,(H3,16,18,19)/b17-5+. The van der Waals surface area contributed by atoms with Crippen LogP contribution in [0, 0.1) is 0 Å². The maximum Gasteiger partial charge on any atom is 0.332 e. The summed E-state index contributed by atoms with van der Waals surface area (Å²) in [5.41, 5.74) is 8.44. The summed E-state index contributed by atoms with van der Waals surface area (Å²) in [6, 6.07) is -0.778. The molecule has 1 aromatic carbocycles. The van der Waals surface area contributed by atoms with Crippen molar-refractivity contribution in [1.29, 1.82) is 0 Å². The van der Waals surface area contributed by atoms with E-state index in [1.165, 1.54) is 20.4 Å². The Morgan fingerprint density at radius 2 is 2.00 bits per heavy atom. The first kappa shape index (κ1) is 17.0. The van der Waals surface area contributed by atoms with Crippen LogP contribution in [-0.2, 0) is 6.42 Å². The van der Waals surface area contributed by atoms with Crippen LogP contribution in [0.5, 0.6) is 23.0 Å². The number of halogens is 1. The van der Waals surface area contributed by atoms with Gasteiger partial charge in [0.2, 0.25) is 18.3 Å². The van der Waals surface area contributed by atoms with E-state index in [2.05, 4.69) is 10.5 Å². The van der Waals surface area contributed by atoms with E-state index in [-0.39, 0.29) is 12.2 Å². The molecule has 0 aliphatic carbocycles. The zero-order valence-corrected chi connectivity index (χ0v) is 13.8. The summed E-state index contributed by atoms with van der Waals surface area (Å²) in [5, 5.41) is 3.62. The molecule has 0 radical (unpaired) electrons. The number of carbonyl (C=O) groups is 1. The largest absolute Gasteiger partial charge is 0.492 e. The molecule has 1 heterocycles. The van der Waals surface area contributed by atoms with E-state index in [4.69, 9.17) is 36.3 Å². The normalized spacial score (nSPS) is 13.9. The summed E-state index contributed by atoms with van der Waals surface area (Å²) in [4.78, 5) is 10.8. The van der Waals surface area contributed by atoms with E-state index >= 15 is 0 Å². The van der Waals surface area contributed by atoms with E-state index in [9.17, 15) is 4.79 Å². The van der Waals surface area contributed by atoms with Gasteiger partial charge in [0.25, 0.3) is 0 Å². The number of ether oxygens (including phenoxy) is 4. The highest BCUT2D eigenvalue weighted by atomic mass is 35.5. The fourth-order valence-corrected chi connectivity index (χ4v) is 2.49. The van der Waals surface area contributed by atoms with Gasteiger partial charge in [-0.1, -0.05) is 0 Å². The van der Waals surface area contributed by atoms with Gasteiger partial charge < -0.3 is 24.7 Å². The Hall–Kier alpha value is -2.35. The third-order valence-corrected chi connectivity index (χ3v) is 3.29. The van der Waals surface area contributed by atoms with Gasteiger partial charge in [0.1, 0.15) is 0 Å². The minimum Gasteiger partial charge on any atom is -0.492 e. The molecule has 0 aromatic heterocycles. The third-order valence-electron chi connectivity index (χ3n) is 3.13. The monoisotopic (exact) mass is 343 g/mol. The van der Waals surface area contributed by atoms with Crippen LogP contribution in [0.4, 0.5) is 4.79 Å². The van der Waals surface area contributed by atoms with Crippen molar-refractivity contribution in [2.45, 2.75) is 18.7 Å². The first-order valence-electron chi connectivity index (χ1n) is 6.78. The lowest BCUT2D eigenvalue weighted by Gasteiger charge is -2.18. The van der Waals surface area contributed by atoms with Crippen LogP contribution in [0.3, 0.4) is 0 Å². The number of hydrogen-bond donors (Lipinski definition) is 2. The molecule has 0 saturated carbocycles. The maximum absolute atomic E-state index is 10.8. The van der Waals surface area contributed by atoms with Gasteiger partial charge in [-0.25, -0.2) is 10.2 Å². The van der Waals surface area contributed by atoms with Crippen molar-refractivity contribution in [3.05, 3.63) is 11.1 Å². The Morgan fingerprint density at radius 3 is 2.52 bits per heavy atom. The topological polar surface area (TPSA) is 104 Å². The number of primary amides is 1. The summed E-state index contributed by atoms with van der Waals surface area (Å²) < 4.78 is 21.8. The molecule has 126 valence electrons. The molecule has 1 atom stereocenters. The smallest absolute Gasteiger partial charge is 0.332 e. The van der Waals surface area contributed by atoms with E-state index in [1.807, 2.05) is 6.92 Å². The van der Waals surface area contributed by atoms with Crippen molar-refractivity contribution in [2.24, 2.45) is 10.8 Å². The molecule has 2 rings (SSSR count). The van der Waals surface area contributed by atoms with Crippen molar-refractivity contribution in [3.8, 4) is 23.0 Å². The minimum atomic E-state index is -0.778. The van der Waals surface area contributed by atoms with Crippen molar-refractivity contribution >= 4 is 23.8 Å². The van der Waals surface area contributed by atoms with Crippen molar-refractivity contribution in [1.82, 2.24) is 5.43 Å². The number of hydrazone groups is 1. The molecule has 0 fully saturated rings. The molecule has 1 unspecified atom stereocenters. The number of alkyl halides is 1. The molecule has 9 heteroatoms. The van der Waals surface area contributed by atoms with Gasteiger partial charge >= 0.3 is 6.03 Å². The number of urea groups is 1. The number of fused-ring (bicyclic) bond motifs is 1. The molecule has 0 spiro atoms. The third kappa shape index (κ3) is 3.53. The average Bonchev–Trinajstić information content (AvgIpc) is 2.95. The predicted molar refractivity (Wildman–Crippen MR) is 85.0 cm³/mol. The summed E-state index contributed by atoms with van der Waals surface area (Å²) in [6.07, 6.45) is 1.87. The fourth-order valence-electron chi connectivity index (χ4n) is 2.33. The SMILES string of the molecule is COc1c(/C=N/NC(N)=O)c(CC(C)Cl)c(OC)c2c1OCO2. The van der Waals surface area contributed by atoms with E-state index < -0.39 is 6.03 Å². The second-order valence-electron chi connectivity index (χ2n) is 4.74. The molecule has 23 heavy (non-hydrogen) atoms. The van der Waals surface area contributed by atoms with Gasteiger partial charge in [-0.2, -0.15) is 5.10 Å². The van der Waals surface area contributed by atoms with Gasteiger partial charge in [-0.05, 0) is 13.3 Å². The zero-order valence-electron chi connectivity index (χ0n) is 13.0. The Bertz CT molecular complexity index is 634. The number of methoxy groups -OCH3 is 2. The maximum atomic E-state index is 10.8. The first-order valence-corrected chi connectivity index (χ1v) is 7.22. The Morgan fingerprint density at radius 1 is 1.39 bits per heavy atom. The van der Waals surface area contributed by atoms with Gasteiger partial charge in [0.05, 0.1) is 20.4 Å². The first-order chi connectivity index (χ1) is 11.0. The molecule has 1 aromatic rings. The number of amides is 2. The fraction of sp³-hybridized carbons (Fsp3) is 0.429. The van der Waals surface area contributed by atoms with E-state index in [0.29, 0.717) is 35.0 Å². The molecular weight excluding hydrogens is 326 g/mol. The molecule has 2 amide bonds. The molecule has 1 aliphatic rings.